The zero-order valence-electron chi connectivity index (χ0n) is 19.5. The summed E-state index contributed by atoms with van der Waals surface area (Å²) in [5.41, 5.74) is 1.13. The minimum Gasteiger partial charge on any atom is -0.462 e. The van der Waals surface area contributed by atoms with Crippen molar-refractivity contribution in [1.82, 2.24) is 0 Å². The van der Waals surface area contributed by atoms with E-state index in [2.05, 4.69) is 30.9 Å². The molecule has 0 aliphatic carbocycles. The normalized spacial score (nSPS) is 25.6. The molecule has 5 atom stereocenters. The van der Waals surface area contributed by atoms with Gasteiger partial charge in [-0.25, -0.2) is 0 Å². The lowest BCUT2D eigenvalue weighted by molar-refractivity contribution is -0.277. The van der Waals surface area contributed by atoms with Crippen molar-refractivity contribution in [3.63, 3.8) is 0 Å². The van der Waals surface area contributed by atoms with Crippen molar-refractivity contribution in [1.29, 1.82) is 0 Å². The third-order valence-corrected chi connectivity index (χ3v) is 5.74. The van der Waals surface area contributed by atoms with Gasteiger partial charge in [-0.1, -0.05) is 61.8 Å². The van der Waals surface area contributed by atoms with Gasteiger partial charge in [0, 0.05) is 0 Å². The van der Waals surface area contributed by atoms with Crippen molar-refractivity contribution in [2.75, 3.05) is 6.61 Å². The van der Waals surface area contributed by atoms with Crippen LogP contribution in [0.25, 0.3) is 0 Å². The highest BCUT2D eigenvalue weighted by Gasteiger charge is 2.44. The number of hydrogen-bond donors (Lipinski definition) is 4. The summed E-state index contributed by atoms with van der Waals surface area (Å²) in [5, 5.41) is 39.2. The first kappa shape index (κ1) is 27.3. The van der Waals surface area contributed by atoms with Crippen molar-refractivity contribution < 1.29 is 29.9 Å². The highest BCUT2D eigenvalue weighted by atomic mass is 16.7. The van der Waals surface area contributed by atoms with E-state index >= 15 is 0 Å². The number of aliphatic hydroxyl groups is 4. The predicted octanol–water partition coefficient (Wildman–Crippen LogP) is 3.83. The van der Waals surface area contributed by atoms with Crippen LogP contribution in [0.5, 0.6) is 5.75 Å². The quantitative estimate of drug-likeness (QED) is 0.235. The van der Waals surface area contributed by atoms with E-state index in [0.717, 1.165) is 37.7 Å². The molecule has 6 heteroatoms. The van der Waals surface area contributed by atoms with Gasteiger partial charge in [0.1, 0.15) is 30.2 Å². The second-order valence-electron chi connectivity index (χ2n) is 8.47. The first-order chi connectivity index (χ1) is 16.1. The smallest absolute Gasteiger partial charge is 0.229 e. The second-order valence-corrected chi connectivity index (χ2v) is 8.47. The Balaban J connectivity index is 1.64. The number of ether oxygens (including phenoxy) is 2. The molecule has 1 aliphatic heterocycles. The molecule has 1 heterocycles. The maximum Gasteiger partial charge on any atom is 0.229 e. The van der Waals surface area contributed by atoms with Crippen molar-refractivity contribution in [2.45, 2.75) is 88.5 Å². The van der Waals surface area contributed by atoms with Crippen molar-refractivity contribution >= 4 is 0 Å². The molecule has 1 aromatic carbocycles. The van der Waals surface area contributed by atoms with Crippen LogP contribution in [-0.2, 0) is 11.2 Å². The fraction of sp³-hybridized carbons (Fsp3) is 0.556. The van der Waals surface area contributed by atoms with Gasteiger partial charge in [0.25, 0.3) is 0 Å². The predicted molar refractivity (Wildman–Crippen MR) is 130 cm³/mol. The lowest BCUT2D eigenvalue weighted by atomic mass is 9.99. The molecule has 0 aromatic heterocycles. The fourth-order valence-corrected chi connectivity index (χ4v) is 3.78. The largest absolute Gasteiger partial charge is 0.462 e. The molecule has 0 bridgehead atoms. The number of rotatable bonds is 15. The van der Waals surface area contributed by atoms with Gasteiger partial charge in [-0.15, -0.1) is 6.58 Å². The Morgan fingerprint density at radius 3 is 2.39 bits per heavy atom. The molecule has 1 aromatic rings. The molecule has 2 unspecified atom stereocenters. The summed E-state index contributed by atoms with van der Waals surface area (Å²) in [7, 11) is 0. The number of benzene rings is 1. The second kappa shape index (κ2) is 15.8. The first-order valence-electron chi connectivity index (χ1n) is 12.0. The van der Waals surface area contributed by atoms with Crippen LogP contribution < -0.4 is 4.74 Å². The summed E-state index contributed by atoms with van der Waals surface area (Å²) in [6.45, 7) is 3.22. The molecule has 1 fully saturated rings. The Bertz CT molecular complexity index is 729. The molecule has 0 spiro atoms. The van der Waals surface area contributed by atoms with Gasteiger partial charge in [0.2, 0.25) is 6.29 Å². The fourth-order valence-electron chi connectivity index (χ4n) is 3.78. The summed E-state index contributed by atoms with van der Waals surface area (Å²) < 4.78 is 11.1. The molecule has 0 radical (unpaired) electrons. The SMILES string of the molecule is C=CCC=CCC=CCCCCCCCc1cccc(O[C@@H]2OC(CO)[C@@H](O)[C@H](O)C2O)c1. The Labute approximate surface area is 197 Å². The van der Waals surface area contributed by atoms with E-state index < -0.39 is 37.3 Å². The number of hydrogen-bond acceptors (Lipinski definition) is 6. The van der Waals surface area contributed by atoms with Crippen LogP contribution >= 0.6 is 0 Å². The van der Waals surface area contributed by atoms with E-state index in [9.17, 15) is 20.4 Å². The minimum atomic E-state index is -1.45. The van der Waals surface area contributed by atoms with Crippen LogP contribution in [0.15, 0.2) is 61.2 Å². The standard InChI is InChI=1S/C27H40O6/c1-2-3-4-5-6-7-8-9-10-11-12-13-14-16-21-17-15-18-22(19-21)32-27-26(31)25(30)24(29)23(20-28)33-27/h2,4-5,7-8,15,17-19,23-31H,1,3,6,9-14,16,20H2/t23?,24-,25+,26?,27-/m1/s1. The van der Waals surface area contributed by atoms with Crippen LogP contribution in [0.2, 0.25) is 0 Å². The molecule has 0 saturated carbocycles. The van der Waals surface area contributed by atoms with Crippen molar-refractivity contribution in [3.05, 3.63) is 66.8 Å². The summed E-state index contributed by atoms with van der Waals surface area (Å²) in [4.78, 5) is 0. The zero-order valence-corrected chi connectivity index (χ0v) is 19.5. The van der Waals surface area contributed by atoms with E-state index in [1.807, 2.05) is 24.3 Å². The number of aryl methyl sites for hydroxylation is 1. The zero-order chi connectivity index (χ0) is 23.9. The summed E-state index contributed by atoms with van der Waals surface area (Å²) in [6.07, 6.45) is 14.2. The van der Waals surface area contributed by atoms with Crippen LogP contribution in [0.3, 0.4) is 0 Å². The highest BCUT2D eigenvalue weighted by molar-refractivity contribution is 5.28. The monoisotopic (exact) mass is 460 g/mol. The average Bonchev–Trinajstić information content (AvgIpc) is 2.82. The van der Waals surface area contributed by atoms with Crippen LogP contribution in [0.4, 0.5) is 0 Å². The lowest BCUT2D eigenvalue weighted by Gasteiger charge is -2.39. The summed E-state index contributed by atoms with van der Waals surface area (Å²) >= 11 is 0. The molecule has 4 N–H and O–H groups in total. The minimum absolute atomic E-state index is 0.478. The summed E-state index contributed by atoms with van der Waals surface area (Å²) in [6, 6.07) is 7.57. The Kier molecular flexibility index (Phi) is 13.1. The Morgan fingerprint density at radius 2 is 1.61 bits per heavy atom. The average molecular weight is 461 g/mol. The molecule has 1 saturated heterocycles. The van der Waals surface area contributed by atoms with Gasteiger partial charge in [-0.2, -0.15) is 0 Å². The third kappa shape index (κ3) is 9.82. The van der Waals surface area contributed by atoms with Crippen molar-refractivity contribution in [3.8, 4) is 5.75 Å². The molecule has 33 heavy (non-hydrogen) atoms. The van der Waals surface area contributed by atoms with E-state index in [1.54, 1.807) is 6.07 Å². The molecule has 184 valence electrons. The molecule has 2 rings (SSSR count). The highest BCUT2D eigenvalue weighted by Crippen LogP contribution is 2.25. The molecular weight excluding hydrogens is 420 g/mol. The summed E-state index contributed by atoms with van der Waals surface area (Å²) in [5.74, 6) is 0.517. The van der Waals surface area contributed by atoms with Gasteiger partial charge in [0.05, 0.1) is 6.61 Å². The molecule has 1 aliphatic rings. The van der Waals surface area contributed by atoms with E-state index in [-0.39, 0.29) is 0 Å². The van der Waals surface area contributed by atoms with E-state index in [1.165, 1.54) is 25.7 Å². The van der Waals surface area contributed by atoms with Crippen LogP contribution in [0.1, 0.15) is 56.9 Å². The van der Waals surface area contributed by atoms with Gasteiger partial charge in [-0.3, -0.25) is 0 Å². The Morgan fingerprint density at radius 1 is 0.879 bits per heavy atom. The van der Waals surface area contributed by atoms with Crippen LogP contribution in [-0.4, -0.2) is 57.7 Å². The number of unbranched alkanes of at least 4 members (excludes halogenated alkanes) is 5. The molecular formula is C27H40O6. The lowest BCUT2D eigenvalue weighted by Crippen LogP contribution is -2.60. The number of allylic oxidation sites excluding steroid dienone is 5. The topological polar surface area (TPSA) is 99.4 Å². The van der Waals surface area contributed by atoms with Crippen molar-refractivity contribution in [2.24, 2.45) is 0 Å². The molecule has 0 amide bonds. The molecule has 6 nitrogen and oxygen atoms in total. The van der Waals surface area contributed by atoms with Gasteiger partial charge in [-0.05, 0) is 56.2 Å². The van der Waals surface area contributed by atoms with E-state index in [0.29, 0.717) is 5.75 Å². The van der Waals surface area contributed by atoms with Gasteiger partial charge < -0.3 is 29.9 Å². The maximum atomic E-state index is 10.1. The number of aliphatic hydroxyl groups excluding tert-OH is 4. The van der Waals surface area contributed by atoms with Gasteiger partial charge >= 0.3 is 0 Å². The maximum absolute atomic E-state index is 10.1. The van der Waals surface area contributed by atoms with Crippen LogP contribution in [0, 0.1) is 0 Å². The first-order valence-corrected chi connectivity index (χ1v) is 12.0. The third-order valence-electron chi connectivity index (χ3n) is 5.74. The van der Waals surface area contributed by atoms with Gasteiger partial charge in [0.15, 0.2) is 0 Å². The Hall–Kier alpha value is -1.96. The van der Waals surface area contributed by atoms with E-state index in [4.69, 9.17) is 9.47 Å².